The van der Waals surface area contributed by atoms with E-state index in [1.807, 2.05) is 19.1 Å². The Morgan fingerprint density at radius 1 is 1.35 bits per heavy atom. The van der Waals surface area contributed by atoms with Gasteiger partial charge in [-0.2, -0.15) is 0 Å². The standard InChI is InChI=1S/C15H23NO/c1-4-15(17)12-5-7-14(8-6-12)16(3)10-13-9-11(13)2/h5-8,11,13,15,17H,4,9-10H2,1-3H3/t11?,13?,15-/m1/s1. The molecule has 0 heterocycles. The summed E-state index contributed by atoms with van der Waals surface area (Å²) in [4.78, 5) is 2.32. The summed E-state index contributed by atoms with van der Waals surface area (Å²) in [7, 11) is 2.15. The maximum absolute atomic E-state index is 9.74. The lowest BCUT2D eigenvalue weighted by Gasteiger charge is -2.20. The summed E-state index contributed by atoms with van der Waals surface area (Å²) in [5.41, 5.74) is 2.26. The number of hydrogen-bond acceptors (Lipinski definition) is 2. The molecule has 3 atom stereocenters. The van der Waals surface area contributed by atoms with Crippen molar-refractivity contribution in [2.75, 3.05) is 18.5 Å². The molecule has 2 rings (SSSR count). The SMILES string of the molecule is CC[C@@H](O)c1ccc(N(C)CC2CC2C)cc1. The van der Waals surface area contributed by atoms with E-state index >= 15 is 0 Å². The molecule has 0 radical (unpaired) electrons. The van der Waals surface area contributed by atoms with Crippen molar-refractivity contribution < 1.29 is 5.11 Å². The molecule has 1 saturated carbocycles. The predicted octanol–water partition coefficient (Wildman–Crippen LogP) is 3.22. The van der Waals surface area contributed by atoms with E-state index in [2.05, 4.69) is 31.0 Å². The summed E-state index contributed by atoms with van der Waals surface area (Å²) in [6, 6.07) is 8.30. The highest BCUT2D eigenvalue weighted by molar-refractivity contribution is 5.47. The zero-order chi connectivity index (χ0) is 12.4. The quantitative estimate of drug-likeness (QED) is 0.844. The first-order chi connectivity index (χ1) is 8.11. The minimum atomic E-state index is -0.321. The maximum Gasteiger partial charge on any atom is 0.0787 e. The van der Waals surface area contributed by atoms with E-state index in [4.69, 9.17) is 0 Å². The van der Waals surface area contributed by atoms with E-state index in [9.17, 15) is 5.11 Å². The first-order valence-electron chi connectivity index (χ1n) is 6.61. The number of anilines is 1. The smallest absolute Gasteiger partial charge is 0.0787 e. The summed E-state index contributed by atoms with van der Waals surface area (Å²) in [6.45, 7) is 5.47. The van der Waals surface area contributed by atoms with Gasteiger partial charge in [0.1, 0.15) is 0 Å². The molecule has 0 saturated heterocycles. The summed E-state index contributed by atoms with van der Waals surface area (Å²) < 4.78 is 0. The zero-order valence-corrected chi connectivity index (χ0v) is 11.1. The maximum atomic E-state index is 9.74. The number of nitrogens with zero attached hydrogens (tertiary/aromatic N) is 1. The summed E-state index contributed by atoms with van der Waals surface area (Å²) in [5.74, 6) is 1.78. The predicted molar refractivity (Wildman–Crippen MR) is 72.2 cm³/mol. The van der Waals surface area contributed by atoms with Crippen molar-refractivity contribution in [1.82, 2.24) is 0 Å². The molecule has 94 valence electrons. The van der Waals surface area contributed by atoms with Crippen molar-refractivity contribution in [3.8, 4) is 0 Å². The molecular formula is C15H23NO. The molecule has 2 heteroatoms. The number of aliphatic hydroxyl groups excluding tert-OH is 1. The molecule has 1 aliphatic rings. The Morgan fingerprint density at radius 3 is 2.41 bits per heavy atom. The van der Waals surface area contributed by atoms with Gasteiger partial charge in [0.15, 0.2) is 0 Å². The van der Waals surface area contributed by atoms with Crippen LogP contribution in [-0.4, -0.2) is 18.7 Å². The Bertz CT molecular complexity index is 360. The van der Waals surface area contributed by atoms with Gasteiger partial charge in [0.25, 0.3) is 0 Å². The Morgan fingerprint density at radius 2 is 1.94 bits per heavy atom. The first-order valence-corrected chi connectivity index (χ1v) is 6.61. The monoisotopic (exact) mass is 233 g/mol. The molecule has 0 amide bonds. The molecule has 2 unspecified atom stereocenters. The normalized spacial score (nSPS) is 24.5. The highest BCUT2D eigenvalue weighted by Crippen LogP contribution is 2.38. The van der Waals surface area contributed by atoms with Crippen molar-refractivity contribution in [3.63, 3.8) is 0 Å². The van der Waals surface area contributed by atoms with E-state index in [0.29, 0.717) is 0 Å². The molecule has 0 aliphatic heterocycles. The third kappa shape index (κ3) is 3.01. The van der Waals surface area contributed by atoms with Gasteiger partial charge in [0.2, 0.25) is 0 Å². The van der Waals surface area contributed by atoms with Gasteiger partial charge in [-0.3, -0.25) is 0 Å². The van der Waals surface area contributed by atoms with E-state index in [1.54, 1.807) is 0 Å². The molecule has 1 aliphatic carbocycles. The lowest BCUT2D eigenvalue weighted by Crippen LogP contribution is -2.20. The van der Waals surface area contributed by atoms with Gasteiger partial charge in [-0.25, -0.2) is 0 Å². The van der Waals surface area contributed by atoms with Crippen LogP contribution in [0, 0.1) is 11.8 Å². The Kier molecular flexibility index (Phi) is 3.72. The average Bonchev–Trinajstić information content (AvgIpc) is 3.04. The Labute approximate surface area is 104 Å². The molecule has 0 spiro atoms. The van der Waals surface area contributed by atoms with Crippen molar-refractivity contribution >= 4 is 5.69 Å². The average molecular weight is 233 g/mol. The van der Waals surface area contributed by atoms with E-state index in [-0.39, 0.29) is 6.10 Å². The molecule has 0 bridgehead atoms. The van der Waals surface area contributed by atoms with Crippen LogP contribution in [0.25, 0.3) is 0 Å². The van der Waals surface area contributed by atoms with Crippen LogP contribution < -0.4 is 4.90 Å². The van der Waals surface area contributed by atoms with E-state index in [1.165, 1.54) is 12.1 Å². The molecule has 1 aromatic rings. The zero-order valence-electron chi connectivity index (χ0n) is 11.1. The number of rotatable bonds is 5. The van der Waals surface area contributed by atoms with Crippen LogP contribution in [0.5, 0.6) is 0 Å². The van der Waals surface area contributed by atoms with Gasteiger partial charge in [0.05, 0.1) is 6.10 Å². The van der Waals surface area contributed by atoms with Crippen LogP contribution in [0.3, 0.4) is 0 Å². The third-order valence-electron chi connectivity index (χ3n) is 3.89. The summed E-state index contributed by atoms with van der Waals surface area (Å²) in [6.07, 6.45) is 1.82. The van der Waals surface area contributed by atoms with Crippen molar-refractivity contribution in [1.29, 1.82) is 0 Å². The highest BCUT2D eigenvalue weighted by Gasteiger charge is 2.33. The number of aliphatic hydroxyl groups is 1. The lowest BCUT2D eigenvalue weighted by molar-refractivity contribution is 0.173. The molecule has 1 aromatic carbocycles. The third-order valence-corrected chi connectivity index (χ3v) is 3.89. The largest absolute Gasteiger partial charge is 0.388 e. The Balaban J connectivity index is 1.96. The van der Waals surface area contributed by atoms with E-state index < -0.39 is 0 Å². The lowest BCUT2D eigenvalue weighted by atomic mass is 10.1. The molecule has 2 nitrogen and oxygen atoms in total. The van der Waals surface area contributed by atoms with Gasteiger partial charge < -0.3 is 10.0 Å². The molecule has 0 aromatic heterocycles. The summed E-state index contributed by atoms with van der Waals surface area (Å²) >= 11 is 0. The van der Waals surface area contributed by atoms with Crippen LogP contribution in [0.4, 0.5) is 5.69 Å². The van der Waals surface area contributed by atoms with Crippen LogP contribution in [0.1, 0.15) is 38.4 Å². The Hall–Kier alpha value is -1.02. The molecule has 17 heavy (non-hydrogen) atoms. The van der Waals surface area contributed by atoms with Crippen LogP contribution in [-0.2, 0) is 0 Å². The van der Waals surface area contributed by atoms with Gasteiger partial charge in [-0.05, 0) is 42.4 Å². The van der Waals surface area contributed by atoms with Gasteiger partial charge >= 0.3 is 0 Å². The second kappa shape index (κ2) is 5.09. The molecular weight excluding hydrogens is 210 g/mol. The topological polar surface area (TPSA) is 23.5 Å². The first kappa shape index (κ1) is 12.4. The van der Waals surface area contributed by atoms with Gasteiger partial charge in [-0.15, -0.1) is 0 Å². The van der Waals surface area contributed by atoms with E-state index in [0.717, 1.165) is 30.4 Å². The second-order valence-electron chi connectivity index (χ2n) is 5.37. The van der Waals surface area contributed by atoms with Crippen LogP contribution in [0.2, 0.25) is 0 Å². The second-order valence-corrected chi connectivity index (χ2v) is 5.37. The van der Waals surface area contributed by atoms with Gasteiger partial charge in [0, 0.05) is 19.3 Å². The summed E-state index contributed by atoms with van der Waals surface area (Å²) in [5, 5.41) is 9.74. The van der Waals surface area contributed by atoms with Crippen molar-refractivity contribution in [2.24, 2.45) is 11.8 Å². The number of hydrogen-bond donors (Lipinski definition) is 1. The minimum Gasteiger partial charge on any atom is -0.388 e. The van der Waals surface area contributed by atoms with Crippen molar-refractivity contribution in [2.45, 2.75) is 32.8 Å². The van der Waals surface area contributed by atoms with Crippen molar-refractivity contribution in [3.05, 3.63) is 29.8 Å². The van der Waals surface area contributed by atoms with Crippen LogP contribution >= 0.6 is 0 Å². The molecule has 1 fully saturated rings. The highest BCUT2D eigenvalue weighted by atomic mass is 16.3. The van der Waals surface area contributed by atoms with Gasteiger partial charge in [-0.1, -0.05) is 26.0 Å². The fourth-order valence-corrected chi connectivity index (χ4v) is 2.30. The fraction of sp³-hybridized carbons (Fsp3) is 0.600. The molecule has 1 N–H and O–H groups in total. The minimum absolute atomic E-state index is 0.321. The number of benzene rings is 1. The van der Waals surface area contributed by atoms with Crippen LogP contribution in [0.15, 0.2) is 24.3 Å². The fourth-order valence-electron chi connectivity index (χ4n) is 2.30.